The summed E-state index contributed by atoms with van der Waals surface area (Å²) in [6.07, 6.45) is -3.31. The van der Waals surface area contributed by atoms with Crippen molar-refractivity contribution >= 4 is 23.4 Å². The lowest BCUT2D eigenvalue weighted by atomic mass is 9.75. The first-order valence-corrected chi connectivity index (χ1v) is 12.2. The van der Waals surface area contributed by atoms with E-state index >= 15 is 0 Å². The molecular formula is C26H28ClF3N2O4. The maximum atomic E-state index is 13.1. The van der Waals surface area contributed by atoms with Crippen molar-refractivity contribution in [3.05, 3.63) is 64.7 Å². The van der Waals surface area contributed by atoms with Crippen LogP contribution in [0.3, 0.4) is 0 Å². The highest BCUT2D eigenvalue weighted by atomic mass is 35.5. The van der Waals surface area contributed by atoms with Crippen LogP contribution in [0.15, 0.2) is 48.5 Å². The minimum absolute atomic E-state index is 0.00287. The minimum atomic E-state index is -4.52. The van der Waals surface area contributed by atoms with Gasteiger partial charge in [0.25, 0.3) is 5.91 Å². The maximum Gasteiger partial charge on any atom is 0.416 e. The second-order valence-corrected chi connectivity index (χ2v) is 9.72. The molecule has 194 valence electrons. The number of hydrogen-bond donors (Lipinski definition) is 0. The molecule has 0 unspecified atom stereocenters. The molecule has 2 aliphatic rings. The first kappa shape index (κ1) is 26.3. The van der Waals surface area contributed by atoms with Crippen LogP contribution in [0.25, 0.3) is 0 Å². The summed E-state index contributed by atoms with van der Waals surface area (Å²) < 4.78 is 50.7. The summed E-state index contributed by atoms with van der Waals surface area (Å²) in [5.74, 6) is 0.138. The van der Waals surface area contributed by atoms with Gasteiger partial charge in [-0.05, 0) is 49.2 Å². The average molecular weight is 525 g/mol. The Bertz CT molecular complexity index is 1080. The van der Waals surface area contributed by atoms with Crippen molar-refractivity contribution in [2.75, 3.05) is 46.0 Å². The predicted molar refractivity (Wildman–Crippen MR) is 128 cm³/mol. The zero-order valence-corrected chi connectivity index (χ0v) is 20.5. The molecule has 0 radical (unpaired) electrons. The van der Waals surface area contributed by atoms with Gasteiger partial charge in [0.2, 0.25) is 5.91 Å². The second-order valence-electron chi connectivity index (χ2n) is 9.29. The van der Waals surface area contributed by atoms with Crippen LogP contribution in [0.5, 0.6) is 5.75 Å². The van der Waals surface area contributed by atoms with Crippen LogP contribution in [-0.2, 0) is 15.7 Å². The number of morpholine rings is 1. The van der Waals surface area contributed by atoms with Gasteiger partial charge < -0.3 is 19.3 Å². The smallest absolute Gasteiger partial charge is 0.416 e. The van der Waals surface area contributed by atoms with Gasteiger partial charge in [-0.2, -0.15) is 13.2 Å². The molecule has 0 atom stereocenters. The third kappa shape index (κ3) is 6.50. The molecule has 10 heteroatoms. The van der Waals surface area contributed by atoms with Crippen LogP contribution in [0.2, 0.25) is 5.02 Å². The molecule has 2 aliphatic heterocycles. The first-order valence-electron chi connectivity index (χ1n) is 11.9. The van der Waals surface area contributed by atoms with Crippen molar-refractivity contribution in [3.63, 3.8) is 0 Å². The molecule has 2 heterocycles. The van der Waals surface area contributed by atoms with Crippen LogP contribution in [0.4, 0.5) is 13.2 Å². The zero-order valence-electron chi connectivity index (χ0n) is 19.7. The third-order valence-corrected chi connectivity index (χ3v) is 7.01. The highest BCUT2D eigenvalue weighted by molar-refractivity contribution is 6.30. The number of amides is 2. The highest BCUT2D eigenvalue weighted by Crippen LogP contribution is 2.38. The normalized spacial score (nSPS) is 18.1. The molecule has 2 amide bonds. The van der Waals surface area contributed by atoms with Gasteiger partial charge in [0.15, 0.2) is 0 Å². The van der Waals surface area contributed by atoms with Gasteiger partial charge in [0, 0.05) is 48.6 Å². The molecule has 0 saturated carbocycles. The Morgan fingerprint density at radius 3 is 2.33 bits per heavy atom. The standard InChI is InChI=1S/C26H28ClF3N2O4/c27-21-5-2-6-22(16-21)36-18-25(17-23(33)31-11-13-35-14-12-31)7-9-32(10-8-25)24(34)19-3-1-4-20(15-19)26(28,29)30/h1-6,15-16H,7-14,17-18H2. The number of ether oxygens (including phenoxy) is 2. The molecule has 0 bridgehead atoms. The van der Waals surface area contributed by atoms with Gasteiger partial charge in [-0.1, -0.05) is 23.7 Å². The van der Waals surface area contributed by atoms with Gasteiger partial charge >= 0.3 is 6.18 Å². The lowest BCUT2D eigenvalue weighted by Crippen LogP contribution is -2.49. The molecule has 4 rings (SSSR count). The molecule has 0 aliphatic carbocycles. The van der Waals surface area contributed by atoms with E-state index in [-0.39, 0.29) is 24.5 Å². The largest absolute Gasteiger partial charge is 0.493 e. The van der Waals surface area contributed by atoms with Gasteiger partial charge in [-0.15, -0.1) is 0 Å². The second kappa shape index (κ2) is 11.1. The van der Waals surface area contributed by atoms with E-state index in [9.17, 15) is 22.8 Å². The summed E-state index contributed by atoms with van der Waals surface area (Å²) in [7, 11) is 0. The van der Waals surface area contributed by atoms with E-state index < -0.39 is 23.1 Å². The lowest BCUT2D eigenvalue weighted by molar-refractivity contribution is -0.139. The number of alkyl halides is 3. The summed E-state index contributed by atoms with van der Waals surface area (Å²) in [5.41, 5.74) is -1.38. The Labute approximate surface area is 212 Å². The van der Waals surface area contributed by atoms with Gasteiger partial charge in [0.05, 0.1) is 25.4 Å². The SMILES string of the molecule is O=C(CC1(COc2cccc(Cl)c2)CCN(C(=O)c2cccc(C(F)(F)F)c2)CC1)N1CCOCC1. The number of hydrogen-bond acceptors (Lipinski definition) is 4. The van der Waals surface area contributed by atoms with Crippen molar-refractivity contribution in [3.8, 4) is 5.75 Å². The van der Waals surface area contributed by atoms with Gasteiger partial charge in [-0.3, -0.25) is 9.59 Å². The fourth-order valence-electron chi connectivity index (χ4n) is 4.61. The number of halogens is 4. The predicted octanol–water partition coefficient (Wildman–Crippen LogP) is 4.91. The Kier molecular flexibility index (Phi) is 8.10. The number of rotatable bonds is 6. The molecule has 2 aromatic rings. The van der Waals surface area contributed by atoms with E-state index in [1.54, 1.807) is 34.1 Å². The number of nitrogens with zero attached hydrogens (tertiary/aromatic N) is 2. The van der Waals surface area contributed by atoms with E-state index in [0.29, 0.717) is 63.0 Å². The van der Waals surface area contributed by atoms with E-state index in [1.807, 2.05) is 0 Å². The molecule has 6 nitrogen and oxygen atoms in total. The van der Waals surface area contributed by atoms with E-state index in [2.05, 4.69) is 0 Å². The molecule has 0 N–H and O–H groups in total. The molecule has 0 aromatic heterocycles. The summed E-state index contributed by atoms with van der Waals surface area (Å²) in [4.78, 5) is 29.4. The topological polar surface area (TPSA) is 59.1 Å². The average Bonchev–Trinajstić information content (AvgIpc) is 2.88. The number of benzene rings is 2. The number of carbonyl (C=O) groups is 2. The van der Waals surface area contributed by atoms with E-state index in [1.165, 1.54) is 12.1 Å². The maximum absolute atomic E-state index is 13.1. The Hall–Kier alpha value is -2.78. The number of likely N-dealkylation sites (tertiary alicyclic amines) is 1. The lowest BCUT2D eigenvalue weighted by Gasteiger charge is -2.42. The minimum Gasteiger partial charge on any atom is -0.493 e. The van der Waals surface area contributed by atoms with Crippen LogP contribution < -0.4 is 4.74 Å². The molecule has 0 spiro atoms. The number of piperidine rings is 1. The van der Waals surface area contributed by atoms with Crippen LogP contribution in [0.1, 0.15) is 35.2 Å². The van der Waals surface area contributed by atoms with Crippen molar-refractivity contribution in [2.45, 2.75) is 25.4 Å². The highest BCUT2D eigenvalue weighted by Gasteiger charge is 2.40. The third-order valence-electron chi connectivity index (χ3n) is 6.78. The molecule has 2 fully saturated rings. The van der Waals surface area contributed by atoms with Crippen LogP contribution in [0, 0.1) is 5.41 Å². The van der Waals surface area contributed by atoms with Gasteiger partial charge in [-0.25, -0.2) is 0 Å². The van der Waals surface area contributed by atoms with Crippen molar-refractivity contribution < 1.29 is 32.2 Å². The summed E-state index contributed by atoms with van der Waals surface area (Å²) in [6.45, 7) is 2.94. The first-order chi connectivity index (χ1) is 17.2. The molecule has 36 heavy (non-hydrogen) atoms. The Morgan fingerprint density at radius 1 is 0.972 bits per heavy atom. The Morgan fingerprint density at radius 2 is 1.67 bits per heavy atom. The monoisotopic (exact) mass is 524 g/mol. The Balaban J connectivity index is 1.46. The van der Waals surface area contributed by atoms with Crippen molar-refractivity contribution in [2.24, 2.45) is 5.41 Å². The van der Waals surface area contributed by atoms with Crippen molar-refractivity contribution in [1.82, 2.24) is 9.80 Å². The summed E-state index contributed by atoms with van der Waals surface area (Å²) in [6, 6.07) is 11.5. The van der Waals surface area contributed by atoms with Crippen LogP contribution in [-0.4, -0.2) is 67.6 Å². The molecular weight excluding hydrogens is 497 g/mol. The summed E-state index contributed by atoms with van der Waals surface area (Å²) in [5, 5.41) is 0.535. The fourth-order valence-corrected chi connectivity index (χ4v) is 4.79. The van der Waals surface area contributed by atoms with Crippen molar-refractivity contribution in [1.29, 1.82) is 0 Å². The van der Waals surface area contributed by atoms with Crippen LogP contribution >= 0.6 is 11.6 Å². The summed E-state index contributed by atoms with van der Waals surface area (Å²) >= 11 is 6.07. The van der Waals surface area contributed by atoms with E-state index in [0.717, 1.165) is 12.1 Å². The quantitative estimate of drug-likeness (QED) is 0.539. The number of carbonyl (C=O) groups excluding carboxylic acids is 2. The molecule has 2 aromatic carbocycles. The zero-order chi connectivity index (χ0) is 25.8. The van der Waals surface area contributed by atoms with E-state index in [4.69, 9.17) is 21.1 Å². The molecule has 2 saturated heterocycles. The van der Waals surface area contributed by atoms with Gasteiger partial charge in [0.1, 0.15) is 5.75 Å². The fraction of sp³-hybridized carbons (Fsp3) is 0.462.